The smallest absolute Gasteiger partial charge is 0.347 e. The first-order valence-electron chi connectivity index (χ1n) is 8.03. The van der Waals surface area contributed by atoms with Crippen molar-refractivity contribution in [3.8, 4) is 0 Å². The van der Waals surface area contributed by atoms with Crippen LogP contribution in [0.1, 0.15) is 16.2 Å². The van der Waals surface area contributed by atoms with E-state index in [-0.39, 0.29) is 33.3 Å². The van der Waals surface area contributed by atoms with E-state index in [2.05, 4.69) is 10.3 Å². The van der Waals surface area contributed by atoms with Crippen LogP contribution in [0.2, 0.25) is 0 Å². The monoisotopic (exact) mass is 383 g/mol. The highest BCUT2D eigenvalue weighted by molar-refractivity contribution is 8.13. The maximum Gasteiger partial charge on any atom is 0.347 e. The van der Waals surface area contributed by atoms with Gasteiger partial charge in [0.1, 0.15) is 11.2 Å². The van der Waals surface area contributed by atoms with Gasteiger partial charge in [-0.3, -0.25) is 4.79 Å². The van der Waals surface area contributed by atoms with E-state index in [4.69, 9.17) is 5.73 Å². The van der Waals surface area contributed by atoms with Gasteiger partial charge in [0.25, 0.3) is 5.52 Å². The van der Waals surface area contributed by atoms with Crippen LogP contribution in [0.3, 0.4) is 0 Å². The van der Waals surface area contributed by atoms with Gasteiger partial charge in [-0.15, -0.1) is 0 Å². The molecule has 0 aliphatic heterocycles. The zero-order valence-electron chi connectivity index (χ0n) is 14.5. The van der Waals surface area contributed by atoms with Crippen LogP contribution >= 0.6 is 11.8 Å². The second kappa shape index (κ2) is 7.92. The number of fused-ring (bicyclic) bond motifs is 1. The Morgan fingerprint density at radius 3 is 2.59 bits per heavy atom. The van der Waals surface area contributed by atoms with Crippen molar-refractivity contribution >= 4 is 39.6 Å². The molecule has 1 aromatic heterocycles. The number of amides is 1. The summed E-state index contributed by atoms with van der Waals surface area (Å²) in [5.74, 6) is -0.629. The number of amidine groups is 1. The SMILES string of the molecule is CNC(=O)c1c(CSC(N)=Nc2ccccc2)n([O-])c2ccccc2[n+]1=O. The molecular weight excluding hydrogens is 366 g/mol. The van der Waals surface area contributed by atoms with Crippen LogP contribution in [0.5, 0.6) is 0 Å². The zero-order valence-corrected chi connectivity index (χ0v) is 15.3. The quantitative estimate of drug-likeness (QED) is 0.406. The molecule has 0 saturated carbocycles. The van der Waals surface area contributed by atoms with Gasteiger partial charge in [-0.25, -0.2) is 4.99 Å². The predicted octanol–water partition coefficient (Wildman–Crippen LogP) is 2.14. The van der Waals surface area contributed by atoms with Crippen LogP contribution in [0.15, 0.2) is 59.6 Å². The third-order valence-electron chi connectivity index (χ3n) is 3.84. The van der Waals surface area contributed by atoms with Gasteiger partial charge in [0, 0.05) is 23.8 Å². The molecule has 3 rings (SSSR count). The van der Waals surface area contributed by atoms with E-state index in [1.165, 1.54) is 19.2 Å². The summed E-state index contributed by atoms with van der Waals surface area (Å²) in [7, 11) is 1.40. The van der Waals surface area contributed by atoms with Crippen molar-refractivity contribution in [2.75, 3.05) is 7.05 Å². The molecule has 0 unspecified atom stereocenters. The first-order valence-corrected chi connectivity index (χ1v) is 9.02. The summed E-state index contributed by atoms with van der Waals surface area (Å²) in [6, 6.07) is 15.4. The molecule has 3 N–H and O–H groups in total. The Morgan fingerprint density at radius 1 is 1.22 bits per heavy atom. The minimum absolute atomic E-state index is 0.0132. The number of aromatic nitrogens is 2. The number of hydrogen-bond donors (Lipinski definition) is 2. The fourth-order valence-corrected chi connectivity index (χ4v) is 3.27. The Kier molecular flexibility index (Phi) is 5.41. The summed E-state index contributed by atoms with van der Waals surface area (Å²) >= 11 is 1.07. The maximum absolute atomic E-state index is 12.8. The first kappa shape index (κ1) is 18.5. The largest absolute Gasteiger partial charge is 0.805 e. The molecule has 0 aliphatic rings. The molecule has 0 fully saturated rings. The van der Waals surface area contributed by atoms with Crippen LogP contribution < -0.4 is 15.5 Å². The molecular formula is C18H17N5O3S. The molecule has 0 bridgehead atoms. The number of carbonyl (C=O) groups is 1. The minimum Gasteiger partial charge on any atom is -0.805 e. The lowest BCUT2D eigenvalue weighted by Gasteiger charge is -2.18. The number of carbonyl (C=O) groups excluding carboxylic acids is 1. The lowest BCUT2D eigenvalue weighted by atomic mass is 10.2. The molecule has 0 saturated heterocycles. The van der Waals surface area contributed by atoms with Crippen molar-refractivity contribution in [3.05, 3.63) is 76.1 Å². The number of aliphatic imine (C=N–C) groups is 1. The standard InChI is InChI=1S/C18H17N5O3S/c1-20-17(24)16-15(11-27-18(19)21-12-7-3-2-4-8-12)22(25)13-9-5-6-10-14(13)23(16)26/h2-10H,11H2,1H3,(H2,19,21)(H,20,24). The summed E-state index contributed by atoms with van der Waals surface area (Å²) in [4.78, 5) is 29.1. The van der Waals surface area contributed by atoms with E-state index in [1.807, 2.05) is 18.2 Å². The fraction of sp³-hybridized carbons (Fsp3) is 0.111. The molecule has 2 aromatic carbocycles. The maximum atomic E-state index is 12.8. The Balaban J connectivity index is 2.02. The van der Waals surface area contributed by atoms with E-state index < -0.39 is 5.91 Å². The van der Waals surface area contributed by atoms with Crippen molar-refractivity contribution in [3.63, 3.8) is 0 Å². The van der Waals surface area contributed by atoms with Crippen LogP contribution in [-0.2, 0) is 5.75 Å². The number of para-hydroxylation sites is 3. The first-order chi connectivity index (χ1) is 13.0. The number of rotatable bonds is 4. The van der Waals surface area contributed by atoms with Crippen molar-refractivity contribution in [1.82, 2.24) is 10.0 Å². The Labute approximate surface area is 158 Å². The normalized spacial score (nSPS) is 11.5. The van der Waals surface area contributed by atoms with E-state index >= 15 is 0 Å². The summed E-state index contributed by atoms with van der Waals surface area (Å²) < 4.78 is 1.07. The van der Waals surface area contributed by atoms with E-state index in [1.54, 1.807) is 24.3 Å². The molecule has 27 heavy (non-hydrogen) atoms. The van der Waals surface area contributed by atoms with Crippen LogP contribution in [0.4, 0.5) is 5.69 Å². The summed E-state index contributed by atoms with van der Waals surface area (Å²) in [6.07, 6.45) is 0. The molecule has 9 heteroatoms. The molecule has 0 radical (unpaired) electrons. The predicted molar refractivity (Wildman–Crippen MR) is 106 cm³/mol. The molecule has 0 atom stereocenters. The van der Waals surface area contributed by atoms with E-state index in [0.717, 1.165) is 11.8 Å². The summed E-state index contributed by atoms with van der Waals surface area (Å²) in [5.41, 5.74) is 6.64. The molecule has 3 aromatic rings. The average molecular weight is 383 g/mol. The highest BCUT2D eigenvalue weighted by Gasteiger charge is 2.28. The number of nitrogens with one attached hydrogen (secondary N) is 1. The Morgan fingerprint density at radius 2 is 1.89 bits per heavy atom. The van der Waals surface area contributed by atoms with Gasteiger partial charge in [-0.05, 0) is 18.2 Å². The van der Waals surface area contributed by atoms with Gasteiger partial charge >= 0.3 is 11.6 Å². The molecule has 0 spiro atoms. The average Bonchev–Trinajstić information content (AvgIpc) is 2.69. The number of nitrogens with two attached hydrogens (primary N) is 1. The van der Waals surface area contributed by atoms with Gasteiger partial charge < -0.3 is 21.0 Å². The summed E-state index contributed by atoms with van der Waals surface area (Å²) in [5, 5.41) is 15.4. The van der Waals surface area contributed by atoms with Crippen LogP contribution in [-0.4, -0.2) is 22.9 Å². The fourth-order valence-electron chi connectivity index (χ4n) is 2.56. The van der Waals surface area contributed by atoms with Crippen LogP contribution in [0, 0.1) is 10.1 Å². The van der Waals surface area contributed by atoms with Gasteiger partial charge in [-0.2, -0.15) is 0 Å². The van der Waals surface area contributed by atoms with Crippen molar-refractivity contribution in [1.29, 1.82) is 0 Å². The molecule has 138 valence electrons. The number of thioether (sulfide) groups is 1. The van der Waals surface area contributed by atoms with Gasteiger partial charge in [0.15, 0.2) is 5.17 Å². The van der Waals surface area contributed by atoms with Crippen molar-refractivity contribution in [2.24, 2.45) is 10.7 Å². The van der Waals surface area contributed by atoms with Crippen LogP contribution in [0.25, 0.3) is 11.0 Å². The van der Waals surface area contributed by atoms with E-state index in [0.29, 0.717) is 14.8 Å². The van der Waals surface area contributed by atoms with Crippen molar-refractivity contribution in [2.45, 2.75) is 5.75 Å². The third-order valence-corrected chi connectivity index (χ3v) is 4.64. The minimum atomic E-state index is -0.644. The lowest BCUT2D eigenvalue weighted by molar-refractivity contribution is -0.468. The van der Waals surface area contributed by atoms with E-state index in [9.17, 15) is 14.9 Å². The number of nitrogens with zero attached hydrogens (tertiary/aromatic N) is 3. The van der Waals surface area contributed by atoms with Gasteiger partial charge in [-0.1, -0.05) is 42.1 Å². The van der Waals surface area contributed by atoms with Gasteiger partial charge in [0.2, 0.25) is 0 Å². The zero-order chi connectivity index (χ0) is 19.4. The number of hydrogen-bond acceptors (Lipinski definition) is 5. The molecule has 1 amide bonds. The Bertz CT molecular complexity index is 1080. The molecule has 0 aliphatic carbocycles. The Hall–Kier alpha value is -3.33. The number of benzene rings is 2. The molecule has 1 heterocycles. The summed E-state index contributed by atoms with van der Waals surface area (Å²) in [6.45, 7) is 0. The van der Waals surface area contributed by atoms with Gasteiger partial charge in [0.05, 0.1) is 10.1 Å². The molecule has 8 nitrogen and oxygen atoms in total. The topological polar surface area (TPSA) is 118 Å². The second-order valence-corrected chi connectivity index (χ2v) is 6.52. The van der Waals surface area contributed by atoms with Crippen molar-refractivity contribution < 1.29 is 9.22 Å². The highest BCUT2D eigenvalue weighted by atomic mass is 32.2. The third kappa shape index (κ3) is 3.77. The highest BCUT2D eigenvalue weighted by Crippen LogP contribution is 2.21. The lowest BCUT2D eigenvalue weighted by Crippen LogP contribution is -2.36. The second-order valence-electron chi connectivity index (χ2n) is 5.53.